The second kappa shape index (κ2) is 12.8. The highest BCUT2D eigenvalue weighted by Gasteiger charge is 2.68. The number of phenolic OH excluding ortho intramolecular Hbond substituents is 1. The molecule has 1 N–H and O–H groups in total. The van der Waals surface area contributed by atoms with Crippen molar-refractivity contribution < 1.29 is 29.0 Å². The largest absolute Gasteiger partial charge is 0.504 e. The number of imide groups is 2. The number of benzene rings is 4. The first-order valence-corrected chi connectivity index (χ1v) is 17.7. The smallest absolute Gasteiger partial charge is 0.241 e. The van der Waals surface area contributed by atoms with Crippen molar-refractivity contribution in [2.45, 2.75) is 25.7 Å². The first-order chi connectivity index (χ1) is 25.5. The maximum atomic E-state index is 14.6. The Labute approximate surface area is 307 Å². The number of anilines is 3. The van der Waals surface area contributed by atoms with Crippen molar-refractivity contribution in [1.82, 2.24) is 0 Å². The molecule has 2 aliphatic heterocycles. The molecule has 2 aliphatic carbocycles. The third kappa shape index (κ3) is 5.24. The van der Waals surface area contributed by atoms with E-state index in [1.54, 1.807) is 73.7 Å². The number of nitrogens with zero attached hydrogens (tertiary/aromatic N) is 5. The molecule has 2 saturated heterocycles. The summed E-state index contributed by atoms with van der Waals surface area (Å²) in [7, 11) is 5.38. The van der Waals surface area contributed by atoms with E-state index in [1.807, 2.05) is 55.4 Å². The minimum Gasteiger partial charge on any atom is -0.504 e. The van der Waals surface area contributed by atoms with Gasteiger partial charge >= 0.3 is 0 Å². The molecular weight excluding hydrogens is 670 g/mol. The fraction of sp³-hybridized carbons (Fsp3) is 0.286. The predicted octanol–water partition coefficient (Wildman–Crippen LogP) is 7.32. The third-order valence-corrected chi connectivity index (χ3v) is 11.6. The summed E-state index contributed by atoms with van der Waals surface area (Å²) in [5, 5.41) is 20.2. The predicted molar refractivity (Wildman–Crippen MR) is 200 cm³/mol. The second-order valence-corrected chi connectivity index (χ2v) is 14.5. The molecule has 4 aromatic carbocycles. The lowest BCUT2D eigenvalue weighted by Crippen LogP contribution is -2.48. The van der Waals surface area contributed by atoms with Crippen molar-refractivity contribution in [3.63, 3.8) is 0 Å². The molecule has 6 atom stereocenters. The topological polar surface area (TPSA) is 132 Å². The molecule has 268 valence electrons. The first kappa shape index (κ1) is 34.0. The van der Waals surface area contributed by atoms with Gasteiger partial charge in [0.1, 0.15) is 0 Å². The highest BCUT2D eigenvalue weighted by molar-refractivity contribution is 6.25. The number of rotatable bonds is 7. The average molecular weight is 710 g/mol. The molecule has 4 aliphatic rings. The summed E-state index contributed by atoms with van der Waals surface area (Å²) in [5.74, 6) is -4.75. The van der Waals surface area contributed by atoms with E-state index >= 15 is 0 Å². The Balaban J connectivity index is 1.14. The lowest BCUT2D eigenvalue weighted by Gasteiger charge is -2.49. The van der Waals surface area contributed by atoms with Crippen molar-refractivity contribution in [3.8, 4) is 11.5 Å². The van der Waals surface area contributed by atoms with Gasteiger partial charge < -0.3 is 14.7 Å². The molecule has 3 fully saturated rings. The molecule has 1 saturated carbocycles. The molecule has 0 unspecified atom stereocenters. The molecule has 53 heavy (non-hydrogen) atoms. The van der Waals surface area contributed by atoms with Crippen LogP contribution in [0.1, 0.15) is 31.2 Å². The summed E-state index contributed by atoms with van der Waals surface area (Å²) in [5.41, 5.74) is 3.12. The summed E-state index contributed by atoms with van der Waals surface area (Å²) < 4.78 is 5.47. The molecule has 4 amide bonds. The monoisotopic (exact) mass is 709 g/mol. The van der Waals surface area contributed by atoms with Crippen LogP contribution in [0.2, 0.25) is 0 Å². The van der Waals surface area contributed by atoms with E-state index in [-0.39, 0.29) is 48.0 Å². The number of aromatic hydroxyl groups is 1. The van der Waals surface area contributed by atoms with Crippen molar-refractivity contribution >= 4 is 52.1 Å². The Morgan fingerprint density at radius 3 is 2.04 bits per heavy atom. The van der Waals surface area contributed by atoms with E-state index in [0.717, 1.165) is 11.3 Å². The van der Waals surface area contributed by atoms with Gasteiger partial charge in [0.2, 0.25) is 23.6 Å². The molecule has 2 heterocycles. The van der Waals surface area contributed by atoms with Gasteiger partial charge in [-0.2, -0.15) is 10.2 Å². The van der Waals surface area contributed by atoms with Crippen LogP contribution in [0.25, 0.3) is 0 Å². The molecule has 0 spiro atoms. The number of hydrogen-bond acceptors (Lipinski definition) is 9. The van der Waals surface area contributed by atoms with Crippen LogP contribution in [0.4, 0.5) is 28.4 Å². The number of ether oxygens (including phenoxy) is 1. The quantitative estimate of drug-likeness (QED) is 0.121. The fourth-order valence-corrected chi connectivity index (χ4v) is 8.98. The van der Waals surface area contributed by atoms with Crippen LogP contribution in [-0.4, -0.2) is 49.9 Å². The average Bonchev–Trinajstić information content (AvgIpc) is 3.54. The lowest BCUT2D eigenvalue weighted by molar-refractivity contribution is -0.131. The number of methoxy groups -OCH3 is 1. The molecule has 0 radical (unpaired) electrons. The van der Waals surface area contributed by atoms with Gasteiger partial charge in [0.25, 0.3) is 0 Å². The third-order valence-electron chi connectivity index (χ3n) is 11.6. The zero-order valence-corrected chi connectivity index (χ0v) is 29.8. The highest BCUT2D eigenvalue weighted by Crippen LogP contribution is 2.65. The Bertz CT molecular complexity index is 2200. The molecular formula is C42H39N5O6. The number of allylic oxidation sites excluding steroid dienone is 2. The number of azo groups is 1. The molecule has 11 nitrogen and oxygen atoms in total. The van der Waals surface area contributed by atoms with Crippen molar-refractivity contribution in [1.29, 1.82) is 0 Å². The van der Waals surface area contributed by atoms with Gasteiger partial charge in [-0.1, -0.05) is 42.0 Å². The SMILES string of the molecule is COc1cccc([C@H]2C3=CC[C@@H]4C(=O)N(c5ccc(N=Nc6ccc(N(C)C)cc6)cc5)C(=O)[C@@H]4[C@@H]3C[C@H]3C(=O)N(c4ccccc4)C(=O)[C@@]23C)c1O. The second-order valence-electron chi connectivity index (χ2n) is 14.5. The van der Waals surface area contributed by atoms with E-state index in [0.29, 0.717) is 28.3 Å². The van der Waals surface area contributed by atoms with E-state index in [1.165, 1.54) is 16.9 Å². The van der Waals surface area contributed by atoms with Gasteiger partial charge in [0, 0.05) is 31.3 Å². The Kier molecular flexibility index (Phi) is 8.24. The molecule has 0 bridgehead atoms. The molecule has 11 heteroatoms. The van der Waals surface area contributed by atoms with Crippen LogP contribution in [0, 0.1) is 29.1 Å². The summed E-state index contributed by atoms with van der Waals surface area (Å²) >= 11 is 0. The number of hydrogen-bond donors (Lipinski definition) is 1. The lowest BCUT2D eigenvalue weighted by atomic mass is 9.51. The Hall–Kier alpha value is -6.10. The number of carbonyl (C=O) groups is 4. The number of fused-ring (bicyclic) bond motifs is 4. The molecule has 4 aromatic rings. The fourth-order valence-electron chi connectivity index (χ4n) is 8.98. The van der Waals surface area contributed by atoms with Crippen LogP contribution < -0.4 is 19.4 Å². The molecule has 0 aromatic heterocycles. The minimum absolute atomic E-state index is 0.125. The van der Waals surface area contributed by atoms with Crippen LogP contribution in [0.3, 0.4) is 0 Å². The van der Waals surface area contributed by atoms with Crippen LogP contribution in [-0.2, 0) is 19.2 Å². The van der Waals surface area contributed by atoms with Gasteiger partial charge in [0.05, 0.1) is 53.0 Å². The van der Waals surface area contributed by atoms with Gasteiger partial charge in [-0.3, -0.25) is 24.1 Å². The van der Waals surface area contributed by atoms with Gasteiger partial charge in [-0.25, -0.2) is 4.90 Å². The summed E-state index contributed by atoms with van der Waals surface area (Å²) in [6.45, 7) is 1.79. The van der Waals surface area contributed by atoms with E-state index < -0.39 is 35.0 Å². The standard InChI is InChI=1S/C42H39N5O6/c1-42-33(39(50)47(41(42)52)27-9-6-5-7-10-27)23-32-29(36(42)31-11-8-12-34(53-4)37(31)48)21-22-30-35(32)40(51)46(38(30)49)28-19-15-25(16-20-28)44-43-24-13-17-26(18-14-24)45(2)3/h5-21,30,32-33,35-36,48H,22-23H2,1-4H3/t30-,32+,33-,35-,36+,42+/m0/s1. The maximum absolute atomic E-state index is 14.6. The van der Waals surface area contributed by atoms with E-state index in [2.05, 4.69) is 10.2 Å². The highest BCUT2D eigenvalue weighted by atomic mass is 16.5. The van der Waals surface area contributed by atoms with Crippen LogP contribution in [0.15, 0.2) is 119 Å². The van der Waals surface area contributed by atoms with E-state index in [9.17, 15) is 24.3 Å². The minimum atomic E-state index is -1.28. The number of phenols is 1. The Morgan fingerprint density at radius 1 is 0.755 bits per heavy atom. The number of carbonyl (C=O) groups excluding carboxylic acids is 4. The first-order valence-electron chi connectivity index (χ1n) is 17.7. The van der Waals surface area contributed by atoms with Gasteiger partial charge in [-0.05, 0) is 92.4 Å². The maximum Gasteiger partial charge on any atom is 0.241 e. The van der Waals surface area contributed by atoms with Gasteiger partial charge in [0.15, 0.2) is 11.5 Å². The molecule has 8 rings (SSSR count). The van der Waals surface area contributed by atoms with Crippen molar-refractivity contribution in [2.24, 2.45) is 39.3 Å². The normalized spacial score (nSPS) is 26.4. The van der Waals surface area contributed by atoms with Crippen molar-refractivity contribution in [2.75, 3.05) is 35.9 Å². The van der Waals surface area contributed by atoms with Gasteiger partial charge in [-0.15, -0.1) is 0 Å². The number of amides is 4. The van der Waals surface area contributed by atoms with Crippen molar-refractivity contribution in [3.05, 3.63) is 114 Å². The van der Waals surface area contributed by atoms with Crippen LogP contribution >= 0.6 is 0 Å². The zero-order chi connectivity index (χ0) is 37.2. The van der Waals surface area contributed by atoms with Crippen LogP contribution in [0.5, 0.6) is 11.5 Å². The van der Waals surface area contributed by atoms with E-state index in [4.69, 9.17) is 4.74 Å². The Morgan fingerprint density at radius 2 is 1.40 bits per heavy atom. The summed E-state index contributed by atoms with van der Waals surface area (Å²) in [4.78, 5) is 62.0. The number of para-hydroxylation sites is 2. The zero-order valence-electron chi connectivity index (χ0n) is 29.8. The summed E-state index contributed by atoms with van der Waals surface area (Å²) in [6, 6.07) is 28.4. The summed E-state index contributed by atoms with van der Waals surface area (Å²) in [6.07, 6.45) is 2.45.